The lowest BCUT2D eigenvalue weighted by Crippen LogP contribution is -2.33. The van der Waals surface area contributed by atoms with Gasteiger partial charge in [0.05, 0.1) is 17.2 Å². The van der Waals surface area contributed by atoms with Crippen molar-refractivity contribution in [3.05, 3.63) is 101 Å². The normalized spacial score (nSPS) is 12.4. The third-order valence-electron chi connectivity index (χ3n) is 5.98. The first-order chi connectivity index (χ1) is 17.5. The summed E-state index contributed by atoms with van der Waals surface area (Å²) in [5, 5.41) is 8.25. The lowest BCUT2D eigenvalue weighted by atomic mass is 10.1. The minimum Gasteiger partial charge on any atom is -0.383 e. The van der Waals surface area contributed by atoms with Crippen molar-refractivity contribution >= 4 is 51.7 Å². The molecular formula is C28H25ClN6O. The first-order valence-corrected chi connectivity index (χ1v) is 12.1. The van der Waals surface area contributed by atoms with Crippen molar-refractivity contribution in [1.82, 2.24) is 20.0 Å². The Hall–Kier alpha value is -4.23. The zero-order valence-corrected chi connectivity index (χ0v) is 20.5. The summed E-state index contributed by atoms with van der Waals surface area (Å²) in [6, 6.07) is 24.9. The third kappa shape index (κ3) is 4.92. The second-order valence-electron chi connectivity index (χ2n) is 8.65. The fourth-order valence-electron chi connectivity index (χ4n) is 4.06. The Morgan fingerprint density at radius 2 is 1.69 bits per heavy atom. The number of aromatic nitrogens is 3. The number of carbonyl (C=O) groups excluding carboxylic acids is 1. The quantitative estimate of drug-likeness (QED) is 0.292. The molecule has 0 spiro atoms. The molecule has 0 saturated carbocycles. The molecule has 0 bridgehead atoms. The van der Waals surface area contributed by atoms with Gasteiger partial charge in [-0.25, -0.2) is 9.97 Å². The summed E-state index contributed by atoms with van der Waals surface area (Å²) in [5.74, 6) is -0.124. The van der Waals surface area contributed by atoms with Crippen LogP contribution in [0.25, 0.3) is 22.2 Å². The van der Waals surface area contributed by atoms with Gasteiger partial charge in [0.15, 0.2) is 5.65 Å². The van der Waals surface area contributed by atoms with Crippen molar-refractivity contribution < 1.29 is 4.79 Å². The van der Waals surface area contributed by atoms with E-state index in [2.05, 4.69) is 22.6 Å². The van der Waals surface area contributed by atoms with E-state index in [1.54, 1.807) is 18.3 Å². The molecule has 5 aromatic rings. The van der Waals surface area contributed by atoms with Gasteiger partial charge in [0.2, 0.25) is 0 Å². The highest BCUT2D eigenvalue weighted by molar-refractivity contribution is 6.30. The van der Waals surface area contributed by atoms with E-state index in [1.165, 1.54) is 10.2 Å². The summed E-state index contributed by atoms with van der Waals surface area (Å²) in [6.45, 7) is 1.98. The van der Waals surface area contributed by atoms with Gasteiger partial charge in [0.25, 0.3) is 5.91 Å². The topological polar surface area (TPSA) is 98.2 Å². The Balaban J connectivity index is 1.49. The molecule has 36 heavy (non-hydrogen) atoms. The van der Waals surface area contributed by atoms with Crippen LogP contribution in [0, 0.1) is 0 Å². The van der Waals surface area contributed by atoms with Gasteiger partial charge in [-0.05, 0) is 55.2 Å². The van der Waals surface area contributed by atoms with E-state index in [-0.39, 0.29) is 23.3 Å². The number of hydrogen-bond acceptors (Lipinski definition) is 5. The Kier molecular flexibility index (Phi) is 6.64. The molecule has 3 N–H and O–H groups in total. The van der Waals surface area contributed by atoms with E-state index in [0.717, 1.165) is 18.4 Å². The molecule has 7 nitrogen and oxygen atoms in total. The minimum atomic E-state index is -0.303. The van der Waals surface area contributed by atoms with Gasteiger partial charge in [0.1, 0.15) is 16.9 Å². The molecule has 0 radical (unpaired) electrons. The Labute approximate surface area is 213 Å². The number of nitrogens with two attached hydrogens (primary N) is 1. The Morgan fingerprint density at radius 1 is 1.03 bits per heavy atom. The van der Waals surface area contributed by atoms with Crippen molar-refractivity contribution in [3.63, 3.8) is 0 Å². The van der Waals surface area contributed by atoms with E-state index in [0.29, 0.717) is 27.2 Å². The van der Waals surface area contributed by atoms with E-state index in [4.69, 9.17) is 27.3 Å². The Morgan fingerprint density at radius 3 is 2.42 bits per heavy atom. The zero-order valence-electron chi connectivity index (χ0n) is 19.7. The summed E-state index contributed by atoms with van der Waals surface area (Å²) in [5.41, 5.74) is 11.0. The molecule has 3 aromatic carbocycles. The monoisotopic (exact) mass is 496 g/mol. The van der Waals surface area contributed by atoms with Crippen molar-refractivity contribution in [1.29, 1.82) is 0 Å². The largest absolute Gasteiger partial charge is 0.383 e. The van der Waals surface area contributed by atoms with Crippen LogP contribution in [0.2, 0.25) is 5.02 Å². The van der Waals surface area contributed by atoms with Crippen LogP contribution in [0.4, 0.5) is 5.82 Å². The zero-order chi connectivity index (χ0) is 25.1. The number of nitrogens with one attached hydrogen (secondary N) is 1. The predicted molar refractivity (Wildman–Crippen MR) is 146 cm³/mol. The molecule has 2 heterocycles. The molecule has 1 amide bonds. The average molecular weight is 497 g/mol. The highest BCUT2D eigenvalue weighted by Crippen LogP contribution is 2.28. The number of carbonyl (C=O) groups is 1. The first-order valence-electron chi connectivity index (χ1n) is 11.7. The van der Waals surface area contributed by atoms with E-state index < -0.39 is 0 Å². The first kappa shape index (κ1) is 23.5. The number of para-hydroxylation sites is 2. The maximum absolute atomic E-state index is 13.4. The minimum absolute atomic E-state index is 0.0681. The standard InChI is InChI=1S/C28H25ClN6O/c1-18(11-12-19-7-3-2-4-8-19)32-28(36)24-25-27(34-23-10-6-5-9-22(23)33-25)35(26(24)30)31-17-20-13-15-21(29)16-14-20/h2-10,13-18H,11-12,30H2,1H3,(H,32,36)/b31-17+. The molecule has 180 valence electrons. The molecule has 0 saturated heterocycles. The number of fused-ring (bicyclic) bond motifs is 2. The lowest BCUT2D eigenvalue weighted by molar-refractivity contribution is 0.0940. The average Bonchev–Trinajstić information content (AvgIpc) is 3.16. The fourth-order valence-corrected chi connectivity index (χ4v) is 4.18. The molecule has 0 aliphatic heterocycles. The van der Waals surface area contributed by atoms with Crippen LogP contribution in [-0.4, -0.2) is 32.8 Å². The van der Waals surface area contributed by atoms with E-state index in [1.807, 2.05) is 61.5 Å². The summed E-state index contributed by atoms with van der Waals surface area (Å²) in [7, 11) is 0. The summed E-state index contributed by atoms with van der Waals surface area (Å²) >= 11 is 5.99. The third-order valence-corrected chi connectivity index (χ3v) is 6.23. The number of nitrogen functional groups attached to an aromatic ring is 1. The van der Waals surface area contributed by atoms with Gasteiger partial charge in [-0.15, -0.1) is 0 Å². The maximum Gasteiger partial charge on any atom is 0.257 e. The summed E-state index contributed by atoms with van der Waals surface area (Å²) < 4.78 is 1.47. The molecule has 2 aromatic heterocycles. The number of rotatable bonds is 7. The molecule has 8 heteroatoms. The number of aryl methyl sites for hydroxylation is 1. The fraction of sp³-hybridized carbons (Fsp3) is 0.143. The summed E-state index contributed by atoms with van der Waals surface area (Å²) in [4.78, 5) is 22.9. The molecule has 0 fully saturated rings. The smallest absolute Gasteiger partial charge is 0.257 e. The second kappa shape index (κ2) is 10.2. The Bertz CT molecular complexity index is 1560. The number of nitrogens with zero attached hydrogens (tertiary/aromatic N) is 4. The number of amides is 1. The molecule has 5 rings (SSSR count). The van der Waals surface area contributed by atoms with Crippen LogP contribution < -0.4 is 11.1 Å². The van der Waals surface area contributed by atoms with Crippen LogP contribution in [0.1, 0.15) is 34.8 Å². The van der Waals surface area contributed by atoms with Gasteiger partial charge in [-0.3, -0.25) is 4.79 Å². The van der Waals surface area contributed by atoms with Gasteiger partial charge in [0, 0.05) is 11.1 Å². The number of benzene rings is 3. The summed E-state index contributed by atoms with van der Waals surface area (Å²) in [6.07, 6.45) is 3.29. The maximum atomic E-state index is 13.4. The molecule has 0 aliphatic rings. The van der Waals surface area contributed by atoms with Crippen LogP contribution >= 0.6 is 11.6 Å². The molecule has 0 aliphatic carbocycles. The van der Waals surface area contributed by atoms with Crippen LogP contribution in [0.3, 0.4) is 0 Å². The van der Waals surface area contributed by atoms with Crippen LogP contribution in [0.5, 0.6) is 0 Å². The van der Waals surface area contributed by atoms with Crippen molar-refractivity contribution in [2.75, 3.05) is 5.73 Å². The van der Waals surface area contributed by atoms with E-state index >= 15 is 0 Å². The number of anilines is 1. The van der Waals surface area contributed by atoms with Gasteiger partial charge in [-0.2, -0.15) is 9.78 Å². The van der Waals surface area contributed by atoms with Gasteiger partial charge in [-0.1, -0.05) is 66.2 Å². The number of halogens is 1. The number of hydrogen-bond donors (Lipinski definition) is 2. The molecule has 1 atom stereocenters. The second-order valence-corrected chi connectivity index (χ2v) is 9.09. The van der Waals surface area contributed by atoms with Gasteiger partial charge >= 0.3 is 0 Å². The lowest BCUT2D eigenvalue weighted by Gasteiger charge is -2.14. The van der Waals surface area contributed by atoms with Crippen molar-refractivity contribution in [3.8, 4) is 0 Å². The van der Waals surface area contributed by atoms with E-state index in [9.17, 15) is 4.79 Å². The molecule has 1 unspecified atom stereocenters. The van der Waals surface area contributed by atoms with Crippen LogP contribution in [0.15, 0.2) is 84.0 Å². The SMILES string of the molecule is CC(CCc1ccccc1)NC(=O)c1c(N)n(/N=C/c2ccc(Cl)cc2)c2nc3ccccc3nc12. The highest BCUT2D eigenvalue weighted by atomic mass is 35.5. The van der Waals surface area contributed by atoms with Crippen molar-refractivity contribution in [2.45, 2.75) is 25.8 Å². The molecular weight excluding hydrogens is 472 g/mol. The van der Waals surface area contributed by atoms with Crippen molar-refractivity contribution in [2.24, 2.45) is 5.10 Å². The van der Waals surface area contributed by atoms with Crippen LogP contribution in [-0.2, 0) is 6.42 Å². The predicted octanol–water partition coefficient (Wildman–Crippen LogP) is 5.45. The van der Waals surface area contributed by atoms with Gasteiger partial charge < -0.3 is 11.1 Å². The highest BCUT2D eigenvalue weighted by Gasteiger charge is 2.25.